The third-order valence-electron chi connectivity index (χ3n) is 9.98. The third kappa shape index (κ3) is 7.68. The molecule has 0 N–H and O–H groups in total. The van der Waals surface area contributed by atoms with E-state index in [0.29, 0.717) is 16.9 Å². The van der Waals surface area contributed by atoms with E-state index in [1.165, 1.54) is 22.9 Å². The Morgan fingerprint density at radius 2 is 1.50 bits per heavy atom. The van der Waals surface area contributed by atoms with Gasteiger partial charge in [0.1, 0.15) is 11.4 Å². The molecule has 9 rings (SSSR count). The van der Waals surface area contributed by atoms with Gasteiger partial charge >= 0.3 is 0 Å². The first kappa shape index (κ1) is 38.8. The summed E-state index contributed by atoms with van der Waals surface area (Å²) < 4.78 is 22.9. The van der Waals surface area contributed by atoms with Crippen LogP contribution in [0.25, 0.3) is 72.4 Å². The van der Waals surface area contributed by atoms with Gasteiger partial charge < -0.3 is 14.0 Å². The van der Waals surface area contributed by atoms with Crippen LogP contribution in [0.3, 0.4) is 0 Å². The molecule has 0 fully saturated rings. The van der Waals surface area contributed by atoms with Gasteiger partial charge in [-0.3, -0.25) is 4.98 Å². The summed E-state index contributed by atoms with van der Waals surface area (Å²) in [6, 6.07) is 52.5. The number of fused-ring (bicyclic) bond motifs is 4. The summed E-state index contributed by atoms with van der Waals surface area (Å²) in [4.78, 5) is 9.50. The Morgan fingerprint density at radius 1 is 0.732 bits per heavy atom. The van der Waals surface area contributed by atoms with E-state index in [2.05, 4.69) is 111 Å². The second-order valence-electron chi connectivity index (χ2n) is 15.9. The van der Waals surface area contributed by atoms with E-state index in [1.54, 1.807) is 6.07 Å². The zero-order valence-electron chi connectivity index (χ0n) is 32.3. The van der Waals surface area contributed by atoms with E-state index >= 15 is 0 Å². The fourth-order valence-electron chi connectivity index (χ4n) is 6.92. The van der Waals surface area contributed by atoms with E-state index in [1.807, 2.05) is 79.0 Å². The van der Waals surface area contributed by atoms with Crippen LogP contribution < -0.4 is 5.19 Å². The van der Waals surface area contributed by atoms with Gasteiger partial charge in [0.25, 0.3) is 0 Å². The molecule has 0 atom stereocenters. The van der Waals surface area contributed by atoms with Crippen LogP contribution >= 0.6 is 0 Å². The number of pyridine rings is 1. The van der Waals surface area contributed by atoms with Crippen LogP contribution in [0.2, 0.25) is 19.6 Å². The van der Waals surface area contributed by atoms with Crippen LogP contribution in [-0.4, -0.2) is 22.6 Å². The van der Waals surface area contributed by atoms with Crippen LogP contribution in [0, 0.1) is 17.9 Å². The number of para-hydroxylation sites is 1. The van der Waals surface area contributed by atoms with Gasteiger partial charge in [0.05, 0.1) is 30.5 Å². The molecule has 7 heteroatoms. The molecule has 0 aliphatic heterocycles. The zero-order valence-corrected chi connectivity index (χ0v) is 35.7. The van der Waals surface area contributed by atoms with Gasteiger partial charge in [-0.25, -0.2) is 4.39 Å². The Bertz CT molecular complexity index is 2780. The summed E-state index contributed by atoms with van der Waals surface area (Å²) in [5, 5.41) is 3.43. The predicted octanol–water partition coefficient (Wildman–Crippen LogP) is 12.6. The largest absolute Gasteiger partial charge is 0.501 e. The van der Waals surface area contributed by atoms with E-state index < -0.39 is 8.07 Å². The van der Waals surface area contributed by atoms with Gasteiger partial charge in [-0.2, -0.15) is 0 Å². The van der Waals surface area contributed by atoms with Crippen molar-refractivity contribution in [3.8, 4) is 39.5 Å². The van der Waals surface area contributed by atoms with Crippen molar-refractivity contribution in [3.63, 3.8) is 0 Å². The maximum atomic E-state index is 14.4. The van der Waals surface area contributed by atoms with Gasteiger partial charge in [-0.15, -0.1) is 54.1 Å². The summed E-state index contributed by atoms with van der Waals surface area (Å²) in [7, 11) is -1.23. The van der Waals surface area contributed by atoms with E-state index in [-0.39, 0.29) is 31.3 Å². The Balaban J connectivity index is 0.000000238. The first-order chi connectivity index (χ1) is 26.5. The molecule has 56 heavy (non-hydrogen) atoms. The molecule has 0 saturated heterocycles. The molecule has 0 unspecified atom stereocenters. The monoisotopic (exact) mass is 928 g/mol. The van der Waals surface area contributed by atoms with Crippen molar-refractivity contribution >= 4 is 46.2 Å². The van der Waals surface area contributed by atoms with Crippen LogP contribution in [0.15, 0.2) is 150 Å². The van der Waals surface area contributed by atoms with Gasteiger partial charge in [0.2, 0.25) is 0 Å². The maximum absolute atomic E-state index is 14.4. The number of imidazole rings is 1. The summed E-state index contributed by atoms with van der Waals surface area (Å²) in [5.74, 6) is 0.330. The van der Waals surface area contributed by atoms with Crippen molar-refractivity contribution in [3.05, 3.63) is 169 Å². The number of hydrogen-bond acceptors (Lipinski definition) is 3. The topological polar surface area (TPSA) is 43.9 Å². The number of rotatable bonds is 5. The third-order valence-corrected chi connectivity index (χ3v) is 12.0. The first-order valence-electron chi connectivity index (χ1n) is 18.6. The number of nitrogens with zero attached hydrogens (tertiary/aromatic N) is 3. The zero-order chi connectivity index (χ0) is 38.3. The number of hydrogen-bond donors (Lipinski definition) is 0. The van der Waals surface area contributed by atoms with Crippen molar-refractivity contribution < 1.29 is 28.9 Å². The molecule has 0 bridgehead atoms. The number of halogens is 1. The molecule has 9 aromatic rings. The Labute approximate surface area is 342 Å². The molecular formula is C49H42FIrN3OSi-2. The molecule has 0 amide bonds. The Hall–Kier alpha value is -5.46. The van der Waals surface area contributed by atoms with Crippen LogP contribution in [0.4, 0.5) is 4.39 Å². The number of aromatic nitrogens is 3. The second kappa shape index (κ2) is 15.6. The van der Waals surface area contributed by atoms with Crippen molar-refractivity contribution in [1.82, 2.24) is 14.5 Å². The van der Waals surface area contributed by atoms with Crippen LogP contribution in [-0.2, 0) is 25.5 Å². The molecular weight excluding hydrogens is 886 g/mol. The smallest absolute Gasteiger partial charge is 0.125 e. The molecule has 4 nitrogen and oxygen atoms in total. The molecule has 0 aliphatic carbocycles. The van der Waals surface area contributed by atoms with E-state index in [0.717, 1.165) is 55.5 Å². The summed E-state index contributed by atoms with van der Waals surface area (Å²) in [6.07, 6.45) is 2.02. The predicted molar refractivity (Wildman–Crippen MR) is 228 cm³/mol. The summed E-state index contributed by atoms with van der Waals surface area (Å²) in [5.41, 5.74) is 10.0. The molecule has 0 spiro atoms. The van der Waals surface area contributed by atoms with Crippen molar-refractivity contribution in [2.45, 2.75) is 45.8 Å². The van der Waals surface area contributed by atoms with Crippen LogP contribution in [0.1, 0.15) is 26.3 Å². The van der Waals surface area contributed by atoms with Crippen molar-refractivity contribution in [2.24, 2.45) is 0 Å². The molecule has 6 aromatic carbocycles. The maximum Gasteiger partial charge on any atom is 0.125 e. The standard InChI is InChI=1S/C35H26FN2O.C14H16NSi.Ir/c1-35(2,3)23-16-18-30(28(20-23)22-10-5-4-6-11-22)38-31-19-17-24(36)21-29(31)37-34(38)27-14-9-13-26-25-12-7-8-15-32(25)39-33(26)27;1-16(2,3)13-9-10-14(15-11-13)12-7-5-4-6-8-12;/h4-13,15-21H,1-3H3;4-7,9-11H,1-3H3;/q2*-1;. The van der Waals surface area contributed by atoms with Gasteiger partial charge in [0, 0.05) is 49.0 Å². The Morgan fingerprint density at radius 3 is 2.21 bits per heavy atom. The van der Waals surface area contributed by atoms with E-state index in [9.17, 15) is 4.39 Å². The van der Waals surface area contributed by atoms with Crippen molar-refractivity contribution in [2.75, 3.05) is 0 Å². The molecule has 3 aromatic heterocycles. The fourth-order valence-corrected chi connectivity index (χ4v) is 7.95. The average Bonchev–Trinajstić information content (AvgIpc) is 3.76. The molecule has 281 valence electrons. The van der Waals surface area contributed by atoms with Gasteiger partial charge in [0.15, 0.2) is 0 Å². The SMILES string of the molecule is CC(C)(C)c1ccc(-n2c(-c3[c-]ccc4c3oc3ccccc34)nc3cc(F)ccc32)c(-c2ccccc2)c1.C[Si](C)(C)c1ccc(-c2[c-]cccc2)nc1.[Ir]. The molecule has 3 heterocycles. The number of benzene rings is 6. The Kier molecular flexibility index (Phi) is 10.8. The van der Waals surface area contributed by atoms with Gasteiger partial charge in [-0.1, -0.05) is 118 Å². The molecule has 0 aliphatic rings. The molecule has 0 saturated carbocycles. The fraction of sp³-hybridized carbons (Fsp3) is 0.143. The minimum absolute atomic E-state index is 0. The first-order valence-corrected chi connectivity index (χ1v) is 22.1. The minimum Gasteiger partial charge on any atom is -0.501 e. The average molecular weight is 928 g/mol. The summed E-state index contributed by atoms with van der Waals surface area (Å²) >= 11 is 0. The minimum atomic E-state index is -1.23. The second-order valence-corrected chi connectivity index (χ2v) is 21.0. The molecule has 1 radical (unpaired) electrons. The van der Waals surface area contributed by atoms with Gasteiger partial charge in [-0.05, 0) is 57.8 Å². The van der Waals surface area contributed by atoms with Crippen molar-refractivity contribution in [1.29, 1.82) is 0 Å². The summed E-state index contributed by atoms with van der Waals surface area (Å²) in [6.45, 7) is 13.6. The van der Waals surface area contributed by atoms with E-state index in [4.69, 9.17) is 9.40 Å². The quantitative estimate of drug-likeness (QED) is 0.128. The van der Waals surface area contributed by atoms with Crippen LogP contribution in [0.5, 0.6) is 0 Å². The normalized spacial score (nSPS) is 11.7. The number of furan rings is 1.